The van der Waals surface area contributed by atoms with E-state index in [1.165, 1.54) is 11.5 Å². The second kappa shape index (κ2) is 20.2. The van der Waals surface area contributed by atoms with Gasteiger partial charge in [0.05, 0.1) is 38.0 Å². The molecule has 16 nitrogen and oxygen atoms in total. The standard InChI is InChI=1S/C48H76N2O14.V.W/c1-23-21-59-40(36(56)33(23)53)62-38-25(3)61-41(37(57)35(38)55)63-39-34(54)29(50-32(52)20-49)22-60-42(39)64-43(58)48-17-15-44(4,5)19-28(48)27-9-10-31-45(6)13-12-30(51)24(2)26(45)11-14-47(31,8)46(27,7)16-18-48;;/h9,18,23,25-26,28-31,33-42,51,53-57H,10-17,19-22,49H2,1-8H3,(H,50,52);;/q-2;;/t23-,25?,26+,28?,29+,30+,31?,33?,34?,35?,36?,37?,38+,39?,40+,41+,42+,45?,46-,47+,48+;;/m1../s1. The van der Waals surface area contributed by atoms with Gasteiger partial charge in [-0.05, 0) is 72.5 Å². The Hall–Kier alpha value is -0.527. The molecule has 1 amide bonds. The molecule has 7 fully saturated rings. The fraction of sp³-hybridized carbons (Fsp3) is 0.875. The second-order valence-electron chi connectivity index (χ2n) is 22.5. The van der Waals surface area contributed by atoms with Crippen molar-refractivity contribution in [1.29, 1.82) is 0 Å². The normalized spacial score (nSPS) is 50.0. The summed E-state index contributed by atoms with van der Waals surface area (Å²) < 4.78 is 36.3. The summed E-state index contributed by atoms with van der Waals surface area (Å²) in [7, 11) is 0. The van der Waals surface area contributed by atoms with E-state index in [0.717, 1.165) is 44.9 Å². The van der Waals surface area contributed by atoms with Crippen LogP contribution < -0.4 is 11.1 Å². The van der Waals surface area contributed by atoms with Gasteiger partial charge in [0.2, 0.25) is 12.2 Å². The Balaban J connectivity index is 0.00000360. The van der Waals surface area contributed by atoms with Crippen molar-refractivity contribution in [3.05, 3.63) is 24.0 Å². The van der Waals surface area contributed by atoms with Crippen LogP contribution in [0.25, 0.3) is 0 Å². The molecule has 4 saturated carbocycles. The smallest absolute Gasteiger partial charge is 0.284 e. The number of nitrogens with two attached hydrogens (primary N) is 1. The Bertz CT molecular complexity index is 1780. The van der Waals surface area contributed by atoms with E-state index in [9.17, 15) is 35.4 Å². The Morgan fingerprint density at radius 3 is 2.23 bits per heavy atom. The number of carbonyl (C=O) groups excluding carboxylic acids is 2. The summed E-state index contributed by atoms with van der Waals surface area (Å²) in [4.78, 5) is 27.7. The van der Waals surface area contributed by atoms with Gasteiger partial charge in [0, 0.05) is 45.5 Å². The molecule has 1 radical (unpaired) electrons. The molecule has 66 heavy (non-hydrogen) atoms. The van der Waals surface area contributed by atoms with Crippen molar-refractivity contribution >= 4 is 11.9 Å². The zero-order valence-electron chi connectivity index (χ0n) is 39.8. The number of hydrogen-bond donors (Lipinski definition) is 8. The number of rotatable bonds is 8. The molecule has 0 aromatic carbocycles. The van der Waals surface area contributed by atoms with Crippen molar-refractivity contribution < 1.29 is 108 Å². The molecule has 3 heterocycles. The molecule has 9 N–H and O–H groups in total. The minimum Gasteiger partial charge on any atom is -0.434 e. The fourth-order valence-electron chi connectivity index (χ4n) is 14.0. The van der Waals surface area contributed by atoms with Crippen molar-refractivity contribution in [2.45, 2.75) is 193 Å². The van der Waals surface area contributed by atoms with Gasteiger partial charge in [0.1, 0.15) is 30.5 Å². The number of aliphatic hydroxyl groups excluding tert-OH is 6. The summed E-state index contributed by atoms with van der Waals surface area (Å²) in [5, 5.41) is 69.2. The minimum atomic E-state index is -1.78. The molecule has 10 unspecified atom stereocenters. The molecule has 21 atom stereocenters. The molecule has 5 aliphatic carbocycles. The summed E-state index contributed by atoms with van der Waals surface area (Å²) in [5.74, 6) is 0.419. The average Bonchev–Trinajstić information content (AvgIpc) is 3.24. The number of carbonyl (C=O) groups is 2. The molecule has 0 aromatic heterocycles. The number of allylic oxidation sites excluding steroid dienone is 2. The third-order valence-corrected chi connectivity index (χ3v) is 18.3. The van der Waals surface area contributed by atoms with Crippen LogP contribution in [0.3, 0.4) is 0 Å². The molecular formula is C48H76N2O14VW-2. The van der Waals surface area contributed by atoms with E-state index in [2.05, 4.69) is 59.4 Å². The summed E-state index contributed by atoms with van der Waals surface area (Å²) in [5.41, 5.74) is 5.62. The van der Waals surface area contributed by atoms with Crippen LogP contribution in [0, 0.1) is 63.1 Å². The number of esters is 1. The van der Waals surface area contributed by atoms with E-state index in [0.29, 0.717) is 24.7 Å². The van der Waals surface area contributed by atoms with E-state index >= 15 is 4.79 Å². The van der Waals surface area contributed by atoms with Crippen molar-refractivity contribution in [3.8, 4) is 0 Å². The van der Waals surface area contributed by atoms with Crippen molar-refractivity contribution in [2.75, 3.05) is 19.8 Å². The summed E-state index contributed by atoms with van der Waals surface area (Å²) in [6.07, 6.45) is -3.85. The van der Waals surface area contributed by atoms with E-state index in [1.807, 2.05) is 0 Å². The van der Waals surface area contributed by atoms with Crippen molar-refractivity contribution in [2.24, 2.45) is 56.5 Å². The molecule has 0 bridgehead atoms. The van der Waals surface area contributed by atoms with Gasteiger partial charge in [-0.25, -0.2) is 0 Å². The van der Waals surface area contributed by atoms with Gasteiger partial charge in [-0.2, -0.15) is 19.3 Å². The SMILES string of the molecule is C[C-]1[C@@H](O)CCC2(C)C3CC=C4C5CC(C)(C)CC[C@]5(C(=O)O[C@@H]5OC[C@H](NC(=O)CN)C(O)C5O[C@@H]5OC(C)[C@H](O[C@@H]6OC[C@@H](C)C(O)C6O)C(O)C5O)[CH-]C[C@@]4(C)[C@@]3(C)CC[C@@H]12.[V].[W]. The van der Waals surface area contributed by atoms with E-state index in [1.54, 1.807) is 13.8 Å². The first-order valence-electron chi connectivity index (χ1n) is 23.9. The predicted octanol–water partition coefficient (Wildman–Crippen LogP) is 2.18. The number of hydrogen-bond acceptors (Lipinski definition) is 15. The van der Waals surface area contributed by atoms with E-state index < -0.39 is 91.0 Å². The molecule has 8 aliphatic rings. The third kappa shape index (κ3) is 9.16. The number of ether oxygens (including phenoxy) is 6. The molecule has 18 heteroatoms. The number of nitrogens with one attached hydrogen (secondary N) is 1. The Kier molecular flexibility index (Phi) is 16.7. The maximum atomic E-state index is 15.2. The third-order valence-electron chi connectivity index (χ3n) is 18.3. The molecule has 375 valence electrons. The molecule has 8 rings (SSSR count). The van der Waals surface area contributed by atoms with Gasteiger partial charge >= 0.3 is 0 Å². The van der Waals surface area contributed by atoms with Crippen molar-refractivity contribution in [3.63, 3.8) is 0 Å². The van der Waals surface area contributed by atoms with E-state index in [-0.39, 0.29) is 99.0 Å². The van der Waals surface area contributed by atoms with Gasteiger partial charge in [0.25, 0.3) is 5.97 Å². The maximum Gasteiger partial charge on any atom is 0.284 e. The van der Waals surface area contributed by atoms with Gasteiger partial charge in [-0.15, -0.1) is 0 Å². The zero-order valence-corrected chi connectivity index (χ0v) is 44.2. The predicted molar refractivity (Wildman–Crippen MR) is 230 cm³/mol. The number of aliphatic hydroxyl groups is 6. The average molecular weight is 1140 g/mol. The van der Waals surface area contributed by atoms with Gasteiger partial charge in [0.15, 0.2) is 18.7 Å². The van der Waals surface area contributed by atoms with Crippen LogP contribution in [0.1, 0.15) is 113 Å². The first kappa shape index (κ1) is 54.8. The maximum absolute atomic E-state index is 15.2. The monoisotopic (exact) mass is 1140 g/mol. The van der Waals surface area contributed by atoms with Crippen LogP contribution in [0.15, 0.2) is 11.6 Å². The first-order chi connectivity index (χ1) is 30.0. The Morgan fingerprint density at radius 2 is 1.53 bits per heavy atom. The second-order valence-corrected chi connectivity index (χ2v) is 22.5. The van der Waals surface area contributed by atoms with Gasteiger partial charge < -0.3 is 76.5 Å². The Morgan fingerprint density at radius 1 is 0.864 bits per heavy atom. The zero-order chi connectivity index (χ0) is 46.5. The van der Waals surface area contributed by atoms with Crippen molar-refractivity contribution in [1.82, 2.24) is 5.32 Å². The van der Waals surface area contributed by atoms with Crippen LogP contribution in [0.5, 0.6) is 0 Å². The number of amides is 1. The minimum absolute atomic E-state index is 0. The summed E-state index contributed by atoms with van der Waals surface area (Å²) >= 11 is 0. The van der Waals surface area contributed by atoms with Crippen LogP contribution >= 0.6 is 0 Å². The molecule has 0 spiro atoms. The largest absolute Gasteiger partial charge is 0.434 e. The van der Waals surface area contributed by atoms with Crippen LogP contribution in [-0.4, -0.2) is 142 Å². The van der Waals surface area contributed by atoms with Gasteiger partial charge in [-0.3, -0.25) is 15.5 Å². The quantitative estimate of drug-likeness (QED) is 0.0987. The van der Waals surface area contributed by atoms with Crippen LogP contribution in [0.2, 0.25) is 0 Å². The van der Waals surface area contributed by atoms with Crippen LogP contribution in [-0.2, 0) is 77.6 Å². The fourth-order valence-corrected chi connectivity index (χ4v) is 14.0. The molecule has 3 saturated heterocycles. The number of fused-ring (bicyclic) bond motifs is 7. The first-order valence-corrected chi connectivity index (χ1v) is 23.9. The molecule has 3 aliphatic heterocycles. The van der Waals surface area contributed by atoms with Gasteiger partial charge in [-0.1, -0.05) is 84.0 Å². The summed E-state index contributed by atoms with van der Waals surface area (Å²) in [6, 6.07) is -1.04. The summed E-state index contributed by atoms with van der Waals surface area (Å²) in [6.45, 7) is 16.8. The topological polar surface area (TPSA) is 249 Å². The molecule has 0 aromatic rings. The van der Waals surface area contributed by atoms with E-state index in [4.69, 9.17) is 34.2 Å². The Labute approximate surface area is 416 Å². The molecular weight excluding hydrogens is 1060 g/mol. The van der Waals surface area contributed by atoms with Crippen LogP contribution in [0.4, 0.5) is 0 Å².